The first-order chi connectivity index (χ1) is 14.6. The highest BCUT2D eigenvalue weighted by molar-refractivity contribution is 6.11. The van der Waals surface area contributed by atoms with Crippen molar-refractivity contribution in [2.75, 3.05) is 0 Å². The molecule has 0 spiro atoms. The van der Waals surface area contributed by atoms with Crippen molar-refractivity contribution in [3.05, 3.63) is 124 Å². The normalized spacial score (nSPS) is 19.6. The van der Waals surface area contributed by atoms with Gasteiger partial charge in [-0.05, 0) is 59.7 Å². The molecular formula is C28H23FO. The molecular weight excluding hydrogens is 371 g/mol. The van der Waals surface area contributed by atoms with Crippen LogP contribution in [0.4, 0.5) is 4.39 Å². The van der Waals surface area contributed by atoms with Crippen LogP contribution >= 0.6 is 0 Å². The van der Waals surface area contributed by atoms with Crippen LogP contribution in [0, 0.1) is 12.7 Å². The zero-order valence-electron chi connectivity index (χ0n) is 16.9. The number of hydrogen-bond acceptors (Lipinski definition) is 1. The Morgan fingerprint density at radius 2 is 1.77 bits per heavy atom. The lowest BCUT2D eigenvalue weighted by Crippen LogP contribution is -2.12. The second kappa shape index (κ2) is 7.53. The average molecular weight is 394 g/mol. The first-order valence-corrected chi connectivity index (χ1v) is 10.5. The van der Waals surface area contributed by atoms with E-state index in [0.29, 0.717) is 0 Å². The van der Waals surface area contributed by atoms with E-state index in [1.165, 1.54) is 28.8 Å². The quantitative estimate of drug-likeness (QED) is 0.446. The van der Waals surface area contributed by atoms with E-state index in [1.54, 1.807) is 0 Å². The molecule has 5 rings (SSSR count). The number of Topliss-reactive ketones (excluding diaryl/α,β-unsaturated/α-hetero) is 1. The number of hydrogen-bond donors (Lipinski definition) is 0. The summed E-state index contributed by atoms with van der Waals surface area (Å²) in [6.45, 7) is 1.99. The predicted octanol–water partition coefficient (Wildman–Crippen LogP) is 6.78. The summed E-state index contributed by atoms with van der Waals surface area (Å²) in [5.74, 6) is 0.0116. The summed E-state index contributed by atoms with van der Waals surface area (Å²) >= 11 is 0. The standard InChI is InChI=1S/C28H23FO/c1-18-6-2-3-9-23(18)28(30)27-17-21(19-12-14-22(29)15-13-19)16-26(27)25-11-5-8-20-7-4-10-24(20)25/h2-9,11-15,17,21,26H,10,16H2,1H3. The minimum atomic E-state index is -0.236. The fraction of sp³-hybridized carbons (Fsp3) is 0.179. The Morgan fingerprint density at radius 1 is 0.967 bits per heavy atom. The van der Waals surface area contributed by atoms with Gasteiger partial charge < -0.3 is 0 Å². The fourth-order valence-electron chi connectivity index (χ4n) is 4.88. The number of aryl methyl sites for hydroxylation is 1. The molecule has 0 radical (unpaired) electrons. The number of allylic oxidation sites excluding steroid dienone is 3. The Hall–Kier alpha value is -3.26. The Bertz CT molecular complexity index is 1180. The van der Waals surface area contributed by atoms with Gasteiger partial charge in [-0.2, -0.15) is 0 Å². The molecule has 0 saturated carbocycles. The zero-order chi connectivity index (χ0) is 20.7. The third-order valence-electron chi connectivity index (χ3n) is 6.44. The molecule has 30 heavy (non-hydrogen) atoms. The molecule has 0 bridgehead atoms. The third-order valence-corrected chi connectivity index (χ3v) is 6.44. The Kier molecular flexibility index (Phi) is 4.71. The smallest absolute Gasteiger partial charge is 0.189 e. The van der Waals surface area contributed by atoms with Crippen molar-refractivity contribution in [1.29, 1.82) is 0 Å². The van der Waals surface area contributed by atoms with E-state index in [9.17, 15) is 9.18 Å². The summed E-state index contributed by atoms with van der Waals surface area (Å²) in [7, 11) is 0. The maximum Gasteiger partial charge on any atom is 0.189 e. The number of carbonyl (C=O) groups excluding carboxylic acids is 1. The lowest BCUT2D eigenvalue weighted by molar-refractivity contribution is 0.102. The molecule has 2 aliphatic carbocycles. The average Bonchev–Trinajstić information content (AvgIpc) is 3.41. The Balaban J connectivity index is 1.60. The lowest BCUT2D eigenvalue weighted by atomic mass is 9.83. The van der Waals surface area contributed by atoms with Crippen LogP contribution in [0.2, 0.25) is 0 Å². The molecule has 2 atom stereocenters. The van der Waals surface area contributed by atoms with Crippen LogP contribution < -0.4 is 0 Å². The van der Waals surface area contributed by atoms with Crippen molar-refractivity contribution in [3.8, 4) is 0 Å². The molecule has 0 fully saturated rings. The first-order valence-electron chi connectivity index (χ1n) is 10.5. The zero-order valence-corrected chi connectivity index (χ0v) is 16.9. The Labute approximate surface area is 176 Å². The fourth-order valence-corrected chi connectivity index (χ4v) is 4.88. The van der Waals surface area contributed by atoms with Crippen LogP contribution in [-0.2, 0) is 6.42 Å². The van der Waals surface area contributed by atoms with E-state index in [-0.39, 0.29) is 23.4 Å². The van der Waals surface area contributed by atoms with Gasteiger partial charge in [-0.3, -0.25) is 4.79 Å². The van der Waals surface area contributed by atoms with E-state index in [1.807, 2.05) is 43.3 Å². The highest BCUT2D eigenvalue weighted by atomic mass is 19.1. The number of rotatable bonds is 4. The Morgan fingerprint density at radius 3 is 2.57 bits per heavy atom. The number of carbonyl (C=O) groups is 1. The molecule has 1 nitrogen and oxygen atoms in total. The van der Waals surface area contributed by atoms with Gasteiger partial charge in [0, 0.05) is 23.0 Å². The van der Waals surface area contributed by atoms with Gasteiger partial charge in [0.1, 0.15) is 5.82 Å². The molecule has 0 N–H and O–H groups in total. The van der Waals surface area contributed by atoms with Crippen molar-refractivity contribution < 1.29 is 9.18 Å². The SMILES string of the molecule is Cc1ccccc1C(=O)C1=CC(c2ccc(F)cc2)CC1c1cccc2c1CC=C2. The van der Waals surface area contributed by atoms with Crippen molar-refractivity contribution >= 4 is 11.9 Å². The molecule has 148 valence electrons. The van der Waals surface area contributed by atoms with Gasteiger partial charge in [0.15, 0.2) is 5.78 Å². The van der Waals surface area contributed by atoms with Gasteiger partial charge in [-0.15, -0.1) is 0 Å². The summed E-state index contributed by atoms with van der Waals surface area (Å²) in [6, 6.07) is 20.9. The minimum Gasteiger partial charge on any atom is -0.289 e. The summed E-state index contributed by atoms with van der Waals surface area (Å²) in [4.78, 5) is 13.6. The summed E-state index contributed by atoms with van der Waals surface area (Å²) < 4.78 is 13.5. The molecule has 0 aliphatic heterocycles. The van der Waals surface area contributed by atoms with Crippen LogP contribution in [0.25, 0.3) is 6.08 Å². The van der Waals surface area contributed by atoms with Gasteiger partial charge >= 0.3 is 0 Å². The monoisotopic (exact) mass is 394 g/mol. The van der Waals surface area contributed by atoms with E-state index in [0.717, 1.165) is 35.1 Å². The number of benzene rings is 3. The van der Waals surface area contributed by atoms with E-state index in [2.05, 4.69) is 36.4 Å². The maximum atomic E-state index is 13.6. The van der Waals surface area contributed by atoms with Crippen LogP contribution in [-0.4, -0.2) is 5.78 Å². The largest absolute Gasteiger partial charge is 0.289 e. The lowest BCUT2D eigenvalue weighted by Gasteiger charge is -2.20. The van der Waals surface area contributed by atoms with Gasteiger partial charge in [0.05, 0.1) is 0 Å². The molecule has 2 heteroatoms. The topological polar surface area (TPSA) is 17.1 Å². The van der Waals surface area contributed by atoms with Crippen molar-refractivity contribution in [2.45, 2.75) is 31.6 Å². The number of ketones is 1. The molecule has 3 aromatic carbocycles. The molecule has 0 amide bonds. The molecule has 2 unspecified atom stereocenters. The van der Waals surface area contributed by atoms with Gasteiger partial charge in [0.2, 0.25) is 0 Å². The van der Waals surface area contributed by atoms with Gasteiger partial charge in [-0.25, -0.2) is 4.39 Å². The van der Waals surface area contributed by atoms with Gasteiger partial charge in [0.25, 0.3) is 0 Å². The second-order valence-electron chi connectivity index (χ2n) is 8.23. The van der Waals surface area contributed by atoms with Crippen LogP contribution in [0.1, 0.15) is 56.4 Å². The molecule has 0 aromatic heterocycles. The van der Waals surface area contributed by atoms with E-state index < -0.39 is 0 Å². The minimum absolute atomic E-state index is 0.0435. The van der Waals surface area contributed by atoms with E-state index >= 15 is 0 Å². The second-order valence-corrected chi connectivity index (χ2v) is 8.23. The first kappa shape index (κ1) is 18.7. The molecule has 2 aliphatic rings. The predicted molar refractivity (Wildman–Crippen MR) is 119 cm³/mol. The summed E-state index contributed by atoms with van der Waals surface area (Å²) in [5.41, 5.74) is 7.49. The highest BCUT2D eigenvalue weighted by Gasteiger charge is 2.34. The van der Waals surface area contributed by atoms with Crippen LogP contribution in [0.3, 0.4) is 0 Å². The molecule has 0 heterocycles. The van der Waals surface area contributed by atoms with Crippen molar-refractivity contribution in [3.63, 3.8) is 0 Å². The number of fused-ring (bicyclic) bond motifs is 1. The van der Waals surface area contributed by atoms with Crippen molar-refractivity contribution in [1.82, 2.24) is 0 Å². The maximum absolute atomic E-state index is 13.6. The number of halogens is 1. The van der Waals surface area contributed by atoms with Crippen LogP contribution in [0.15, 0.2) is 84.5 Å². The molecule has 0 saturated heterocycles. The third kappa shape index (κ3) is 3.23. The summed E-state index contributed by atoms with van der Waals surface area (Å²) in [6.07, 6.45) is 8.21. The van der Waals surface area contributed by atoms with Crippen molar-refractivity contribution in [2.24, 2.45) is 0 Å². The molecule has 3 aromatic rings. The van der Waals surface area contributed by atoms with Crippen LogP contribution in [0.5, 0.6) is 0 Å². The summed E-state index contributed by atoms with van der Waals surface area (Å²) in [5, 5.41) is 0. The van der Waals surface area contributed by atoms with E-state index in [4.69, 9.17) is 0 Å². The highest BCUT2D eigenvalue weighted by Crippen LogP contribution is 2.46. The van der Waals surface area contributed by atoms with Gasteiger partial charge in [-0.1, -0.05) is 72.8 Å².